The highest BCUT2D eigenvalue weighted by molar-refractivity contribution is 8.26. The lowest BCUT2D eigenvalue weighted by atomic mass is 10.0. The van der Waals surface area contributed by atoms with Gasteiger partial charge in [0.2, 0.25) is 0 Å². The molecule has 2 aliphatic heterocycles. The Bertz CT molecular complexity index is 1420. The van der Waals surface area contributed by atoms with E-state index in [0.29, 0.717) is 44.8 Å². The van der Waals surface area contributed by atoms with Crippen molar-refractivity contribution in [2.24, 2.45) is 7.05 Å². The second kappa shape index (κ2) is 12.2. The molecule has 39 heavy (non-hydrogen) atoms. The van der Waals surface area contributed by atoms with Crippen molar-refractivity contribution in [2.45, 2.75) is 20.3 Å². The molecule has 206 valence electrons. The van der Waals surface area contributed by atoms with Gasteiger partial charge in [-0.2, -0.15) is 5.26 Å². The number of piperazine rings is 1. The van der Waals surface area contributed by atoms with E-state index in [-0.39, 0.29) is 17.0 Å². The largest absolute Gasteiger partial charge is 0.493 e. The zero-order chi connectivity index (χ0) is 28.3. The second-order valence-corrected chi connectivity index (χ2v) is 11.1. The van der Waals surface area contributed by atoms with Gasteiger partial charge in [-0.25, -0.2) is 0 Å². The van der Waals surface area contributed by atoms with E-state index in [9.17, 15) is 14.9 Å². The van der Waals surface area contributed by atoms with Crippen molar-refractivity contribution >= 4 is 46.1 Å². The maximum atomic E-state index is 13.5. The molecule has 1 aromatic heterocycles. The van der Waals surface area contributed by atoms with Gasteiger partial charge in [0.1, 0.15) is 21.8 Å². The average Bonchev–Trinajstić information content (AvgIpc) is 3.22. The first-order chi connectivity index (χ1) is 18.7. The summed E-state index contributed by atoms with van der Waals surface area (Å²) in [5.41, 5.74) is 2.03. The van der Waals surface area contributed by atoms with Crippen molar-refractivity contribution in [1.29, 1.82) is 5.26 Å². The Morgan fingerprint density at radius 3 is 2.44 bits per heavy atom. The molecule has 1 amide bonds. The summed E-state index contributed by atoms with van der Waals surface area (Å²) in [5, 5.41) is 9.74. The number of nitriles is 1. The molecular weight excluding hydrogens is 534 g/mol. The van der Waals surface area contributed by atoms with Gasteiger partial charge in [-0.1, -0.05) is 37.0 Å². The number of nitrogens with zero attached hydrogens (tertiary/aromatic N) is 5. The Kier molecular flexibility index (Phi) is 9.00. The molecular formula is C28H33N5O4S2. The number of methoxy groups -OCH3 is 2. The highest BCUT2D eigenvalue weighted by Gasteiger charge is 2.33. The highest BCUT2D eigenvalue weighted by atomic mass is 32.2. The Morgan fingerprint density at radius 2 is 1.82 bits per heavy atom. The number of anilines is 1. The van der Waals surface area contributed by atoms with Crippen LogP contribution in [0.2, 0.25) is 0 Å². The Labute approximate surface area is 238 Å². The second-order valence-electron chi connectivity index (χ2n) is 9.41. The van der Waals surface area contributed by atoms with Crippen LogP contribution in [-0.2, 0) is 18.3 Å². The van der Waals surface area contributed by atoms with Gasteiger partial charge >= 0.3 is 0 Å². The summed E-state index contributed by atoms with van der Waals surface area (Å²) < 4.78 is 12.7. The standard InChI is InChI=1S/C28H33N5O4S2/c1-6-31-11-13-32(14-12-31)25-20(18(2)21(17-29)26(34)30(25)3)16-24-27(35)33(28(38)39-24)10-9-19-7-8-22(36-4)23(15-19)37-5/h7-8,15-16H,6,9-14H2,1-5H3/b24-16-. The average molecular weight is 568 g/mol. The number of likely N-dealkylation sites (N-methyl/N-ethyl adjacent to an activating group) is 1. The van der Waals surface area contributed by atoms with E-state index in [1.807, 2.05) is 18.2 Å². The lowest BCUT2D eigenvalue weighted by molar-refractivity contribution is -0.122. The highest BCUT2D eigenvalue weighted by Crippen LogP contribution is 2.36. The van der Waals surface area contributed by atoms with Crippen molar-refractivity contribution in [3.63, 3.8) is 0 Å². The molecule has 0 unspecified atom stereocenters. The van der Waals surface area contributed by atoms with Gasteiger partial charge in [0, 0.05) is 45.3 Å². The number of carbonyl (C=O) groups excluding carboxylic acids is 1. The monoisotopic (exact) mass is 567 g/mol. The van der Waals surface area contributed by atoms with E-state index in [4.69, 9.17) is 21.7 Å². The first-order valence-electron chi connectivity index (χ1n) is 12.8. The maximum absolute atomic E-state index is 13.5. The fourth-order valence-electron chi connectivity index (χ4n) is 4.97. The quantitative estimate of drug-likeness (QED) is 0.352. The summed E-state index contributed by atoms with van der Waals surface area (Å²) in [4.78, 5) is 33.1. The zero-order valence-corrected chi connectivity index (χ0v) is 24.6. The first kappa shape index (κ1) is 28.7. The summed E-state index contributed by atoms with van der Waals surface area (Å²) in [6, 6.07) is 7.75. The minimum Gasteiger partial charge on any atom is -0.493 e. The van der Waals surface area contributed by atoms with Crippen LogP contribution in [0.1, 0.15) is 29.2 Å². The zero-order valence-electron chi connectivity index (χ0n) is 22.9. The predicted molar refractivity (Wildman–Crippen MR) is 159 cm³/mol. The first-order valence-corrected chi connectivity index (χ1v) is 14.0. The number of rotatable bonds is 8. The van der Waals surface area contributed by atoms with Gasteiger partial charge in [0.05, 0.1) is 19.1 Å². The molecule has 4 rings (SSSR count). The van der Waals surface area contributed by atoms with Crippen molar-refractivity contribution in [3.05, 3.63) is 55.7 Å². The molecule has 0 aliphatic carbocycles. The molecule has 0 saturated carbocycles. The predicted octanol–water partition coefficient (Wildman–Crippen LogP) is 3.17. The fourth-order valence-corrected chi connectivity index (χ4v) is 6.26. The number of thiocarbonyl (C=S) groups is 1. The van der Waals surface area contributed by atoms with Crippen LogP contribution in [0.3, 0.4) is 0 Å². The van der Waals surface area contributed by atoms with Crippen LogP contribution in [0.15, 0.2) is 27.9 Å². The number of aromatic nitrogens is 1. The van der Waals surface area contributed by atoms with Crippen LogP contribution in [-0.4, -0.2) is 78.1 Å². The van der Waals surface area contributed by atoms with Crippen LogP contribution >= 0.6 is 24.0 Å². The summed E-state index contributed by atoms with van der Waals surface area (Å²) in [7, 11) is 4.87. The molecule has 9 nitrogen and oxygen atoms in total. The maximum Gasteiger partial charge on any atom is 0.270 e. The van der Waals surface area contributed by atoms with E-state index in [2.05, 4.69) is 22.8 Å². The Balaban J connectivity index is 1.64. The summed E-state index contributed by atoms with van der Waals surface area (Å²) >= 11 is 6.83. The number of amides is 1. The number of carbonyl (C=O) groups is 1. The number of benzene rings is 1. The molecule has 2 saturated heterocycles. The molecule has 0 radical (unpaired) electrons. The van der Waals surface area contributed by atoms with Crippen LogP contribution in [0.25, 0.3) is 6.08 Å². The van der Waals surface area contributed by atoms with Crippen LogP contribution in [0.5, 0.6) is 11.5 Å². The van der Waals surface area contributed by atoms with Crippen molar-refractivity contribution in [3.8, 4) is 17.6 Å². The van der Waals surface area contributed by atoms with Gasteiger partial charge in [0.15, 0.2) is 11.5 Å². The molecule has 0 bridgehead atoms. The topological polar surface area (TPSA) is 91.0 Å². The Hall–Kier alpha value is -3.33. The van der Waals surface area contributed by atoms with Crippen LogP contribution in [0, 0.1) is 18.3 Å². The molecule has 0 N–H and O–H groups in total. The molecule has 2 aromatic rings. The molecule has 0 spiro atoms. The molecule has 0 atom stereocenters. The van der Waals surface area contributed by atoms with Gasteiger partial charge in [0.25, 0.3) is 11.5 Å². The summed E-state index contributed by atoms with van der Waals surface area (Å²) in [6.07, 6.45) is 2.39. The fraction of sp³-hybridized carbons (Fsp3) is 0.429. The summed E-state index contributed by atoms with van der Waals surface area (Å²) in [5.74, 6) is 1.82. The number of hydrogen-bond acceptors (Lipinski definition) is 9. The normalized spacial score (nSPS) is 17.2. The van der Waals surface area contributed by atoms with Gasteiger partial charge in [-0.15, -0.1) is 0 Å². The van der Waals surface area contributed by atoms with Crippen LogP contribution < -0.4 is 19.9 Å². The molecule has 3 heterocycles. The third kappa shape index (κ3) is 5.69. The lowest BCUT2D eigenvalue weighted by Crippen LogP contribution is -2.48. The van der Waals surface area contributed by atoms with Crippen LogP contribution in [0.4, 0.5) is 5.82 Å². The lowest BCUT2D eigenvalue weighted by Gasteiger charge is -2.37. The van der Waals surface area contributed by atoms with Gasteiger partial charge in [-0.05, 0) is 49.2 Å². The molecule has 11 heteroatoms. The number of thioether (sulfide) groups is 1. The third-order valence-electron chi connectivity index (χ3n) is 7.31. The van der Waals surface area contributed by atoms with E-state index < -0.39 is 0 Å². The number of ether oxygens (including phenoxy) is 2. The molecule has 1 aromatic carbocycles. The van der Waals surface area contributed by atoms with Crippen molar-refractivity contribution in [1.82, 2.24) is 14.4 Å². The Morgan fingerprint density at radius 1 is 1.13 bits per heavy atom. The van der Waals surface area contributed by atoms with Gasteiger partial charge < -0.3 is 19.3 Å². The smallest absolute Gasteiger partial charge is 0.270 e. The molecule has 2 fully saturated rings. The van der Waals surface area contributed by atoms with E-state index in [0.717, 1.165) is 44.1 Å². The van der Waals surface area contributed by atoms with E-state index >= 15 is 0 Å². The molecule has 2 aliphatic rings. The number of hydrogen-bond donors (Lipinski definition) is 0. The van der Waals surface area contributed by atoms with Gasteiger partial charge in [-0.3, -0.25) is 19.1 Å². The SMILES string of the molecule is CCN1CCN(c2c(/C=C3\SC(=S)N(CCc4ccc(OC)c(OC)c4)C3=O)c(C)c(C#N)c(=O)n2C)CC1. The minimum atomic E-state index is -0.331. The van der Waals surface area contributed by atoms with E-state index in [1.165, 1.54) is 16.3 Å². The summed E-state index contributed by atoms with van der Waals surface area (Å²) in [6.45, 7) is 8.55. The van der Waals surface area contributed by atoms with Crippen molar-refractivity contribution < 1.29 is 14.3 Å². The third-order valence-corrected chi connectivity index (χ3v) is 8.69. The number of pyridine rings is 1. The minimum absolute atomic E-state index is 0.0867. The van der Waals surface area contributed by atoms with E-state index in [1.54, 1.807) is 39.2 Å². The van der Waals surface area contributed by atoms with Crippen molar-refractivity contribution in [2.75, 3.05) is 58.4 Å².